The van der Waals surface area contributed by atoms with Gasteiger partial charge in [0.15, 0.2) is 0 Å². The highest BCUT2D eigenvalue weighted by atomic mass is 16.5. The summed E-state index contributed by atoms with van der Waals surface area (Å²) in [5.74, 6) is 1.46. The quantitative estimate of drug-likeness (QED) is 0.692. The Balaban J connectivity index is 1.48. The minimum absolute atomic E-state index is 0.0494. The standard InChI is InChI=1S/C24H26N2O4/c1-29-21-9-3-19(4-10-21)7-13-23(27)25-15-17-26(18-16-25)24(28)14-8-20-5-11-22(30-2)12-6-20/h3-14H,15-18H2,1-2H3/b13-7+,14-8+. The smallest absolute Gasteiger partial charge is 0.246 e. The highest BCUT2D eigenvalue weighted by molar-refractivity contribution is 5.93. The second kappa shape index (κ2) is 10.3. The van der Waals surface area contributed by atoms with Crippen LogP contribution in [0.1, 0.15) is 11.1 Å². The maximum absolute atomic E-state index is 12.4. The van der Waals surface area contributed by atoms with E-state index in [4.69, 9.17) is 9.47 Å². The van der Waals surface area contributed by atoms with Gasteiger partial charge in [-0.2, -0.15) is 0 Å². The van der Waals surface area contributed by atoms with Crippen molar-refractivity contribution in [2.24, 2.45) is 0 Å². The van der Waals surface area contributed by atoms with E-state index in [1.54, 1.807) is 48.3 Å². The van der Waals surface area contributed by atoms with Crippen LogP contribution < -0.4 is 9.47 Å². The Kier molecular flexibility index (Phi) is 7.27. The van der Waals surface area contributed by atoms with Crippen LogP contribution in [0.25, 0.3) is 12.2 Å². The minimum atomic E-state index is -0.0494. The topological polar surface area (TPSA) is 59.1 Å². The summed E-state index contributed by atoms with van der Waals surface area (Å²) in [7, 11) is 3.24. The first-order valence-electron chi connectivity index (χ1n) is 9.81. The van der Waals surface area contributed by atoms with E-state index in [2.05, 4.69) is 0 Å². The van der Waals surface area contributed by atoms with E-state index in [1.807, 2.05) is 48.5 Å². The molecule has 156 valence electrons. The zero-order valence-corrected chi connectivity index (χ0v) is 17.3. The molecule has 2 amide bonds. The van der Waals surface area contributed by atoms with Gasteiger partial charge in [0.2, 0.25) is 11.8 Å². The van der Waals surface area contributed by atoms with Crippen LogP contribution in [0.5, 0.6) is 11.5 Å². The Morgan fingerprint density at radius 1 is 0.667 bits per heavy atom. The highest BCUT2D eigenvalue weighted by Gasteiger charge is 2.21. The molecule has 30 heavy (non-hydrogen) atoms. The van der Waals surface area contributed by atoms with Crippen molar-refractivity contribution >= 4 is 24.0 Å². The summed E-state index contributed by atoms with van der Waals surface area (Å²) in [6, 6.07) is 15.0. The van der Waals surface area contributed by atoms with Gasteiger partial charge >= 0.3 is 0 Å². The van der Waals surface area contributed by atoms with Crippen LogP contribution >= 0.6 is 0 Å². The van der Waals surface area contributed by atoms with E-state index >= 15 is 0 Å². The van der Waals surface area contributed by atoms with Gasteiger partial charge in [-0.1, -0.05) is 24.3 Å². The molecule has 1 fully saturated rings. The Morgan fingerprint density at radius 3 is 1.30 bits per heavy atom. The van der Waals surface area contributed by atoms with Crippen molar-refractivity contribution in [3.8, 4) is 11.5 Å². The van der Waals surface area contributed by atoms with Crippen molar-refractivity contribution in [3.05, 3.63) is 71.8 Å². The average molecular weight is 406 g/mol. The van der Waals surface area contributed by atoms with Gasteiger partial charge in [-0.25, -0.2) is 0 Å². The predicted octanol–water partition coefficient (Wildman–Crippen LogP) is 3.10. The second-order valence-corrected chi connectivity index (χ2v) is 6.86. The van der Waals surface area contributed by atoms with Crippen LogP contribution in [0.4, 0.5) is 0 Å². The monoisotopic (exact) mass is 406 g/mol. The molecule has 1 aliphatic rings. The number of carbonyl (C=O) groups excluding carboxylic acids is 2. The number of ether oxygens (including phenoxy) is 2. The Hall–Kier alpha value is -3.54. The number of hydrogen-bond donors (Lipinski definition) is 0. The molecule has 2 aromatic carbocycles. The molecule has 0 bridgehead atoms. The van der Waals surface area contributed by atoms with Gasteiger partial charge in [0, 0.05) is 38.3 Å². The van der Waals surface area contributed by atoms with E-state index in [0.717, 1.165) is 22.6 Å². The Morgan fingerprint density at radius 2 is 1.00 bits per heavy atom. The molecule has 0 aromatic heterocycles. The molecule has 0 spiro atoms. The molecular weight excluding hydrogens is 380 g/mol. The number of hydrogen-bond acceptors (Lipinski definition) is 4. The van der Waals surface area contributed by atoms with Crippen LogP contribution in [-0.4, -0.2) is 62.0 Å². The molecule has 0 saturated carbocycles. The lowest BCUT2D eigenvalue weighted by Crippen LogP contribution is -2.49. The third kappa shape index (κ3) is 5.73. The zero-order valence-electron chi connectivity index (χ0n) is 17.3. The average Bonchev–Trinajstić information content (AvgIpc) is 2.81. The summed E-state index contributed by atoms with van der Waals surface area (Å²) in [5, 5.41) is 0. The van der Waals surface area contributed by atoms with Gasteiger partial charge in [-0.3, -0.25) is 9.59 Å². The first-order chi connectivity index (χ1) is 14.6. The fourth-order valence-corrected chi connectivity index (χ4v) is 3.12. The minimum Gasteiger partial charge on any atom is -0.497 e. The Bertz CT molecular complexity index is 832. The van der Waals surface area contributed by atoms with Crippen LogP contribution in [0.15, 0.2) is 60.7 Å². The third-order valence-electron chi connectivity index (χ3n) is 4.97. The maximum Gasteiger partial charge on any atom is 0.246 e. The number of piperazine rings is 1. The number of carbonyl (C=O) groups is 2. The maximum atomic E-state index is 12.4. The fraction of sp³-hybridized carbons (Fsp3) is 0.250. The van der Waals surface area contributed by atoms with Gasteiger partial charge < -0.3 is 19.3 Å². The summed E-state index contributed by atoms with van der Waals surface area (Å²) in [4.78, 5) is 28.4. The SMILES string of the molecule is COc1ccc(/C=C/C(=O)N2CCN(C(=O)/C=C/c3ccc(OC)cc3)CC2)cc1. The van der Waals surface area contributed by atoms with Crippen LogP contribution in [0, 0.1) is 0 Å². The molecule has 0 aliphatic carbocycles. The zero-order chi connectivity index (χ0) is 21.3. The van der Waals surface area contributed by atoms with Crippen molar-refractivity contribution in [1.29, 1.82) is 0 Å². The van der Waals surface area contributed by atoms with Crippen LogP contribution in [0.2, 0.25) is 0 Å². The summed E-state index contributed by atoms with van der Waals surface area (Å²) >= 11 is 0. The number of rotatable bonds is 6. The summed E-state index contributed by atoms with van der Waals surface area (Å²) in [6.45, 7) is 2.09. The van der Waals surface area contributed by atoms with E-state index in [9.17, 15) is 9.59 Å². The second-order valence-electron chi connectivity index (χ2n) is 6.86. The van der Waals surface area contributed by atoms with Gasteiger partial charge in [-0.05, 0) is 47.5 Å². The lowest BCUT2D eigenvalue weighted by Gasteiger charge is -2.33. The molecule has 2 aromatic rings. The lowest BCUT2D eigenvalue weighted by molar-refractivity contribution is -0.133. The summed E-state index contributed by atoms with van der Waals surface area (Å²) in [6.07, 6.45) is 6.72. The normalized spacial score (nSPS) is 14.3. The van der Waals surface area contributed by atoms with Crippen molar-refractivity contribution in [1.82, 2.24) is 9.80 Å². The molecule has 6 heteroatoms. The molecule has 0 atom stereocenters. The van der Waals surface area contributed by atoms with E-state index in [0.29, 0.717) is 26.2 Å². The van der Waals surface area contributed by atoms with E-state index in [-0.39, 0.29) is 11.8 Å². The molecule has 0 unspecified atom stereocenters. The molecule has 6 nitrogen and oxygen atoms in total. The van der Waals surface area contributed by atoms with Crippen molar-refractivity contribution in [3.63, 3.8) is 0 Å². The highest BCUT2D eigenvalue weighted by Crippen LogP contribution is 2.14. The largest absolute Gasteiger partial charge is 0.497 e. The van der Waals surface area contributed by atoms with Crippen molar-refractivity contribution in [2.75, 3.05) is 40.4 Å². The van der Waals surface area contributed by atoms with E-state index < -0.39 is 0 Å². The molecule has 1 aliphatic heterocycles. The molecular formula is C24H26N2O4. The first-order valence-corrected chi connectivity index (χ1v) is 9.81. The van der Waals surface area contributed by atoms with Gasteiger partial charge in [-0.15, -0.1) is 0 Å². The van der Waals surface area contributed by atoms with Crippen LogP contribution in [-0.2, 0) is 9.59 Å². The van der Waals surface area contributed by atoms with E-state index in [1.165, 1.54) is 0 Å². The molecule has 1 saturated heterocycles. The van der Waals surface area contributed by atoms with Gasteiger partial charge in [0.05, 0.1) is 14.2 Å². The van der Waals surface area contributed by atoms with Crippen LogP contribution in [0.3, 0.4) is 0 Å². The molecule has 1 heterocycles. The first kappa shape index (κ1) is 21.2. The molecule has 3 rings (SSSR count). The molecule has 0 N–H and O–H groups in total. The number of benzene rings is 2. The van der Waals surface area contributed by atoms with Gasteiger partial charge in [0.1, 0.15) is 11.5 Å². The van der Waals surface area contributed by atoms with Crippen molar-refractivity contribution < 1.29 is 19.1 Å². The van der Waals surface area contributed by atoms with Crippen molar-refractivity contribution in [2.45, 2.75) is 0 Å². The fourth-order valence-electron chi connectivity index (χ4n) is 3.12. The number of nitrogens with zero attached hydrogens (tertiary/aromatic N) is 2. The number of amides is 2. The molecule has 0 radical (unpaired) electrons. The number of methoxy groups -OCH3 is 2. The Labute approximate surface area is 177 Å². The van der Waals surface area contributed by atoms with Gasteiger partial charge in [0.25, 0.3) is 0 Å². The lowest BCUT2D eigenvalue weighted by atomic mass is 10.2. The third-order valence-corrected chi connectivity index (χ3v) is 4.97. The summed E-state index contributed by atoms with van der Waals surface area (Å²) in [5.41, 5.74) is 1.86. The predicted molar refractivity (Wildman–Crippen MR) is 117 cm³/mol. The summed E-state index contributed by atoms with van der Waals surface area (Å²) < 4.78 is 10.3.